The van der Waals surface area contributed by atoms with E-state index in [0.717, 1.165) is 0 Å². The lowest BCUT2D eigenvalue weighted by Crippen LogP contribution is -2.24. The number of aromatic nitrogens is 1. The molecule has 1 aromatic heterocycles. The molecule has 0 spiro atoms. The molecule has 0 atom stereocenters. The summed E-state index contributed by atoms with van der Waals surface area (Å²) in [6.45, 7) is 2.18. The molecule has 7 nitrogen and oxygen atoms in total. The third kappa shape index (κ3) is 2.24. The van der Waals surface area contributed by atoms with Crippen LogP contribution in [-0.2, 0) is 10.0 Å². The summed E-state index contributed by atoms with van der Waals surface area (Å²) in [6.07, 6.45) is 0.677. The Bertz CT molecular complexity index is 729. The van der Waals surface area contributed by atoms with E-state index in [0.29, 0.717) is 18.5 Å². The van der Waals surface area contributed by atoms with Gasteiger partial charge in [-0.3, -0.25) is 4.98 Å². The van der Waals surface area contributed by atoms with E-state index in [-0.39, 0.29) is 16.2 Å². The van der Waals surface area contributed by atoms with Crippen LogP contribution in [0.25, 0.3) is 11.1 Å². The zero-order valence-corrected chi connectivity index (χ0v) is 10.5. The Morgan fingerprint density at radius 1 is 1.44 bits per heavy atom. The molecular formula is C10H13N3O4S. The Kier molecular flexibility index (Phi) is 3.14. The first-order chi connectivity index (χ1) is 8.44. The Balaban J connectivity index is 2.55. The highest BCUT2D eigenvalue weighted by molar-refractivity contribution is 7.89. The Labute approximate surface area is 103 Å². The van der Waals surface area contributed by atoms with Crippen molar-refractivity contribution in [3.05, 3.63) is 22.7 Å². The molecule has 18 heavy (non-hydrogen) atoms. The van der Waals surface area contributed by atoms with E-state index in [2.05, 4.69) is 9.71 Å². The summed E-state index contributed by atoms with van der Waals surface area (Å²) in [6, 6.07) is 2.55. The van der Waals surface area contributed by atoms with Gasteiger partial charge in [0.2, 0.25) is 10.0 Å². The van der Waals surface area contributed by atoms with Crippen LogP contribution in [0, 0.1) is 0 Å². The van der Waals surface area contributed by atoms with Crippen LogP contribution in [0.5, 0.6) is 0 Å². The van der Waals surface area contributed by atoms with E-state index in [9.17, 15) is 13.2 Å². The normalized spacial score (nSPS) is 12.1. The standard InChI is InChI=1S/C10H13N3O4S/c1-2-3-12-18(15,16)6-4-7(11)9-8(5-6)17-10(14)13-9/h4-5,12H,2-3,11H2,1H3,(H,13,14). The van der Waals surface area contributed by atoms with Crippen LogP contribution in [0.4, 0.5) is 5.69 Å². The maximum Gasteiger partial charge on any atom is 0.417 e. The maximum atomic E-state index is 11.9. The third-order valence-electron chi connectivity index (χ3n) is 2.39. The van der Waals surface area contributed by atoms with E-state index >= 15 is 0 Å². The first-order valence-electron chi connectivity index (χ1n) is 5.36. The van der Waals surface area contributed by atoms with E-state index in [4.69, 9.17) is 10.2 Å². The zero-order chi connectivity index (χ0) is 13.3. The molecule has 0 amide bonds. The summed E-state index contributed by atoms with van der Waals surface area (Å²) in [7, 11) is -3.63. The molecule has 0 fully saturated rings. The quantitative estimate of drug-likeness (QED) is 0.695. The highest BCUT2D eigenvalue weighted by Gasteiger charge is 2.17. The molecule has 0 aliphatic carbocycles. The number of aromatic amines is 1. The average molecular weight is 271 g/mol. The van der Waals surface area contributed by atoms with Crippen molar-refractivity contribution in [3.63, 3.8) is 0 Å². The second kappa shape index (κ2) is 4.46. The predicted molar refractivity (Wildman–Crippen MR) is 66.7 cm³/mol. The Hall–Kier alpha value is -1.80. The fourth-order valence-electron chi connectivity index (χ4n) is 1.53. The summed E-state index contributed by atoms with van der Waals surface area (Å²) in [4.78, 5) is 13.4. The van der Waals surface area contributed by atoms with E-state index in [1.54, 1.807) is 0 Å². The van der Waals surface area contributed by atoms with Crippen molar-refractivity contribution in [2.24, 2.45) is 0 Å². The molecular weight excluding hydrogens is 258 g/mol. The summed E-state index contributed by atoms with van der Waals surface area (Å²) in [5.41, 5.74) is 6.24. The van der Waals surface area contributed by atoms with Crippen molar-refractivity contribution in [2.75, 3.05) is 12.3 Å². The van der Waals surface area contributed by atoms with Gasteiger partial charge in [-0.2, -0.15) is 0 Å². The summed E-state index contributed by atoms with van der Waals surface area (Å²) in [5.74, 6) is -0.673. The van der Waals surface area contributed by atoms with Gasteiger partial charge in [-0.25, -0.2) is 17.9 Å². The number of sulfonamides is 1. The number of hydrogen-bond acceptors (Lipinski definition) is 5. The number of hydrogen-bond donors (Lipinski definition) is 3. The highest BCUT2D eigenvalue weighted by Crippen LogP contribution is 2.22. The molecule has 1 heterocycles. The molecule has 8 heteroatoms. The molecule has 0 unspecified atom stereocenters. The van der Waals surface area contributed by atoms with Gasteiger partial charge in [0, 0.05) is 12.6 Å². The molecule has 0 bridgehead atoms. The number of nitrogen functional groups attached to an aromatic ring is 1. The van der Waals surface area contributed by atoms with Gasteiger partial charge < -0.3 is 10.2 Å². The van der Waals surface area contributed by atoms with Crippen LogP contribution >= 0.6 is 0 Å². The van der Waals surface area contributed by atoms with Gasteiger partial charge in [-0.1, -0.05) is 6.92 Å². The molecule has 98 valence electrons. The Morgan fingerprint density at radius 2 is 2.17 bits per heavy atom. The second-order valence-corrected chi connectivity index (χ2v) is 5.56. The number of nitrogens with two attached hydrogens (primary N) is 1. The van der Waals surface area contributed by atoms with Crippen LogP contribution in [0.3, 0.4) is 0 Å². The first-order valence-corrected chi connectivity index (χ1v) is 6.84. The molecule has 0 saturated carbocycles. The molecule has 2 aromatic rings. The highest BCUT2D eigenvalue weighted by atomic mass is 32.2. The summed E-state index contributed by atoms with van der Waals surface area (Å²) >= 11 is 0. The topological polar surface area (TPSA) is 118 Å². The van der Waals surface area contributed by atoms with Crippen LogP contribution in [0.2, 0.25) is 0 Å². The maximum absolute atomic E-state index is 11.9. The summed E-state index contributed by atoms with van der Waals surface area (Å²) < 4.78 is 31.0. The molecule has 1 aromatic carbocycles. The van der Waals surface area contributed by atoms with Gasteiger partial charge in [-0.05, 0) is 12.5 Å². The second-order valence-electron chi connectivity index (χ2n) is 3.80. The van der Waals surface area contributed by atoms with Crippen molar-refractivity contribution in [3.8, 4) is 0 Å². The van der Waals surface area contributed by atoms with Crippen molar-refractivity contribution < 1.29 is 12.8 Å². The molecule has 4 N–H and O–H groups in total. The van der Waals surface area contributed by atoms with E-state index in [1.165, 1.54) is 12.1 Å². The zero-order valence-electron chi connectivity index (χ0n) is 9.69. The van der Waals surface area contributed by atoms with Crippen molar-refractivity contribution >= 4 is 26.8 Å². The van der Waals surface area contributed by atoms with Crippen molar-refractivity contribution in [1.82, 2.24) is 9.71 Å². The lowest BCUT2D eigenvalue weighted by atomic mass is 10.3. The van der Waals surface area contributed by atoms with Gasteiger partial charge in [0.15, 0.2) is 5.58 Å². The smallest absolute Gasteiger partial charge is 0.408 e. The van der Waals surface area contributed by atoms with Gasteiger partial charge >= 0.3 is 5.76 Å². The SMILES string of the molecule is CCCNS(=O)(=O)c1cc(N)c2[nH]c(=O)oc2c1. The molecule has 2 rings (SSSR count). The molecule has 0 saturated heterocycles. The third-order valence-corrected chi connectivity index (χ3v) is 3.83. The fraction of sp³-hybridized carbons (Fsp3) is 0.300. The van der Waals surface area contributed by atoms with Gasteiger partial charge in [0.25, 0.3) is 0 Å². The van der Waals surface area contributed by atoms with Gasteiger partial charge in [-0.15, -0.1) is 0 Å². The number of fused-ring (bicyclic) bond motifs is 1. The van der Waals surface area contributed by atoms with Crippen LogP contribution < -0.4 is 16.2 Å². The first kappa shape index (κ1) is 12.7. The van der Waals surface area contributed by atoms with Crippen LogP contribution in [-0.4, -0.2) is 19.9 Å². The lowest BCUT2D eigenvalue weighted by molar-refractivity contribution is 0.553. The largest absolute Gasteiger partial charge is 0.417 e. The number of rotatable bonds is 4. The van der Waals surface area contributed by atoms with E-state index < -0.39 is 15.8 Å². The number of oxazole rings is 1. The van der Waals surface area contributed by atoms with Gasteiger partial charge in [0.05, 0.1) is 10.6 Å². The minimum Gasteiger partial charge on any atom is -0.408 e. The number of anilines is 1. The monoisotopic (exact) mass is 271 g/mol. The fourth-order valence-corrected chi connectivity index (χ4v) is 2.71. The average Bonchev–Trinajstić information content (AvgIpc) is 2.67. The number of nitrogens with one attached hydrogen (secondary N) is 2. The number of benzene rings is 1. The van der Waals surface area contributed by atoms with Gasteiger partial charge in [0.1, 0.15) is 5.52 Å². The van der Waals surface area contributed by atoms with Crippen LogP contribution in [0.1, 0.15) is 13.3 Å². The summed E-state index contributed by atoms with van der Waals surface area (Å²) in [5, 5.41) is 0. The van der Waals surface area contributed by atoms with Crippen molar-refractivity contribution in [1.29, 1.82) is 0 Å². The molecule has 0 aliphatic rings. The lowest BCUT2D eigenvalue weighted by Gasteiger charge is -2.06. The van der Waals surface area contributed by atoms with E-state index in [1.807, 2.05) is 6.92 Å². The predicted octanol–water partition coefficient (Wildman–Crippen LogP) is 0.392. The minimum absolute atomic E-state index is 0.0244. The molecule has 0 radical (unpaired) electrons. The number of H-pyrrole nitrogens is 1. The molecule has 0 aliphatic heterocycles. The Morgan fingerprint density at radius 3 is 2.83 bits per heavy atom. The van der Waals surface area contributed by atoms with Crippen molar-refractivity contribution in [2.45, 2.75) is 18.2 Å². The van der Waals surface area contributed by atoms with Crippen LogP contribution in [0.15, 0.2) is 26.2 Å². The minimum atomic E-state index is -3.63.